The van der Waals surface area contributed by atoms with Gasteiger partial charge in [-0.1, -0.05) is 20.8 Å². The Morgan fingerprint density at radius 2 is 1.73 bits per heavy atom. The molecule has 0 bridgehead atoms. The Balaban J connectivity index is 1.58. The molecule has 0 spiro atoms. The average molecular weight is 714 g/mol. The highest BCUT2D eigenvalue weighted by atomic mass is 16.6. The number of anilines is 2. The lowest BCUT2D eigenvalue weighted by atomic mass is 9.77. The first kappa shape index (κ1) is 40.6. The van der Waals surface area contributed by atoms with Crippen LogP contribution in [-0.2, 0) is 28.6 Å². The molecule has 0 aromatic heterocycles. The maximum absolute atomic E-state index is 14.6. The molecule has 51 heavy (non-hydrogen) atoms. The first-order chi connectivity index (χ1) is 23.9. The van der Waals surface area contributed by atoms with Crippen molar-refractivity contribution in [3.05, 3.63) is 18.2 Å². The van der Waals surface area contributed by atoms with Crippen LogP contribution in [0.4, 0.5) is 16.2 Å². The van der Waals surface area contributed by atoms with Gasteiger partial charge in [0.25, 0.3) is 5.91 Å². The highest BCUT2D eigenvalue weighted by Crippen LogP contribution is 2.43. The highest BCUT2D eigenvalue weighted by Gasteiger charge is 2.45. The van der Waals surface area contributed by atoms with Gasteiger partial charge in [0, 0.05) is 70.6 Å². The molecule has 3 atom stereocenters. The molecule has 1 saturated heterocycles. The van der Waals surface area contributed by atoms with Gasteiger partial charge in [-0.15, -0.1) is 0 Å². The van der Waals surface area contributed by atoms with Crippen LogP contribution in [0.3, 0.4) is 0 Å². The predicted molar refractivity (Wildman–Crippen MR) is 198 cm³/mol. The topological polar surface area (TPSA) is 115 Å². The number of hydrogen-bond acceptors (Lipinski definition) is 8. The molecule has 286 valence electrons. The summed E-state index contributed by atoms with van der Waals surface area (Å²) in [5.41, 5.74) is -0.403. The van der Waals surface area contributed by atoms with Gasteiger partial charge < -0.3 is 33.6 Å². The number of rotatable bonds is 15. The maximum Gasteiger partial charge on any atom is 0.410 e. The zero-order valence-electron chi connectivity index (χ0n) is 32.8. The van der Waals surface area contributed by atoms with Gasteiger partial charge >= 0.3 is 6.09 Å². The molecule has 3 aliphatic rings. The van der Waals surface area contributed by atoms with E-state index in [2.05, 4.69) is 20.8 Å². The van der Waals surface area contributed by atoms with Crippen LogP contribution in [-0.4, -0.2) is 92.4 Å². The molecule has 1 aromatic rings. The van der Waals surface area contributed by atoms with Gasteiger partial charge in [-0.3, -0.25) is 14.4 Å². The molecule has 1 aromatic carbocycles. The van der Waals surface area contributed by atoms with E-state index in [1.54, 1.807) is 30.8 Å². The fraction of sp³-hybridized carbons (Fsp3) is 0.750. The Bertz CT molecular complexity index is 1390. The van der Waals surface area contributed by atoms with Gasteiger partial charge in [-0.25, -0.2) is 4.79 Å². The molecule has 3 amide bonds. The lowest BCUT2D eigenvalue weighted by molar-refractivity contribution is -0.132. The Morgan fingerprint density at radius 1 is 1.04 bits per heavy atom. The lowest BCUT2D eigenvalue weighted by Gasteiger charge is -2.40. The van der Waals surface area contributed by atoms with Gasteiger partial charge in [-0.05, 0) is 110 Å². The quantitative estimate of drug-likeness (QED) is 0.178. The molecule has 0 unspecified atom stereocenters. The number of ether oxygens (including phenoxy) is 4. The van der Waals surface area contributed by atoms with E-state index in [-0.39, 0.29) is 42.1 Å². The largest absolute Gasteiger partial charge is 0.476 e. The van der Waals surface area contributed by atoms with Crippen LogP contribution >= 0.6 is 0 Å². The Hall–Kier alpha value is -3.18. The highest BCUT2D eigenvalue weighted by molar-refractivity contribution is 6.04. The number of benzene rings is 1. The minimum Gasteiger partial charge on any atom is -0.476 e. The number of likely N-dealkylation sites (tertiary alicyclic amines) is 1. The number of amides is 3. The van der Waals surface area contributed by atoms with E-state index in [1.807, 2.05) is 50.8 Å². The third kappa shape index (κ3) is 10.7. The zero-order chi connectivity index (χ0) is 37.7. The molecule has 4 rings (SSSR count). The van der Waals surface area contributed by atoms with Crippen molar-refractivity contribution >= 4 is 35.1 Å². The second-order valence-electron chi connectivity index (χ2n) is 17.1. The van der Waals surface area contributed by atoms with Crippen molar-refractivity contribution in [2.45, 2.75) is 125 Å². The number of methoxy groups -OCH3 is 1. The molecule has 11 heteroatoms. The SMILES string of the molecule is CCOC[C@H](CCCC(=O)[C@H]1C[C@@H](C(=O)N(c2ccc3c(c2)N(CCCOC)C(=O)C(C)(C)O3)C2CC2)CN(C(=O)OC(C)(C)C)C1)C(C)(C)C. The molecule has 1 saturated carbocycles. The van der Waals surface area contributed by atoms with Crippen molar-refractivity contribution in [1.82, 2.24) is 4.90 Å². The summed E-state index contributed by atoms with van der Waals surface area (Å²) in [4.78, 5) is 60.5. The van der Waals surface area contributed by atoms with E-state index in [9.17, 15) is 19.2 Å². The van der Waals surface area contributed by atoms with Crippen LogP contribution in [0.25, 0.3) is 0 Å². The number of carbonyl (C=O) groups excluding carboxylic acids is 4. The van der Waals surface area contributed by atoms with Crippen molar-refractivity contribution in [3.63, 3.8) is 0 Å². The summed E-state index contributed by atoms with van der Waals surface area (Å²) >= 11 is 0. The molecule has 2 aliphatic heterocycles. The van der Waals surface area contributed by atoms with Gasteiger partial charge in [0.2, 0.25) is 5.91 Å². The van der Waals surface area contributed by atoms with Crippen molar-refractivity contribution in [1.29, 1.82) is 0 Å². The van der Waals surface area contributed by atoms with Gasteiger partial charge in [0.1, 0.15) is 17.1 Å². The van der Waals surface area contributed by atoms with E-state index < -0.39 is 29.1 Å². The van der Waals surface area contributed by atoms with E-state index in [1.165, 1.54) is 0 Å². The third-order valence-electron chi connectivity index (χ3n) is 10.1. The standard InChI is InChI=1S/C40H63N3O8/c1-11-49-26-29(38(2,3)4)14-12-15-33(44)27-22-28(25-41(24-27)37(47)51-39(5,6)7)35(45)43(30-16-17-30)31-18-19-34-32(23-31)42(20-13-21-48-10)36(46)40(8,9)50-34/h18-19,23,27-30H,11-17,20-22,24-26H2,1-10H3/t27-,28+,29-/m0/s1. The number of hydrogen-bond donors (Lipinski definition) is 0. The van der Waals surface area contributed by atoms with Gasteiger partial charge in [-0.2, -0.15) is 0 Å². The Labute approximate surface area is 305 Å². The van der Waals surface area contributed by atoms with Crippen LogP contribution in [0.15, 0.2) is 18.2 Å². The third-order valence-corrected chi connectivity index (χ3v) is 10.1. The fourth-order valence-electron chi connectivity index (χ4n) is 7.08. The minimum absolute atomic E-state index is 0.000121. The number of fused-ring (bicyclic) bond motifs is 1. The number of nitrogens with zero attached hydrogens (tertiary/aromatic N) is 3. The summed E-state index contributed by atoms with van der Waals surface area (Å²) in [6.07, 6.45) is 4.16. The van der Waals surface area contributed by atoms with Crippen molar-refractivity contribution < 1.29 is 38.1 Å². The lowest BCUT2D eigenvalue weighted by Crippen LogP contribution is -2.53. The first-order valence-electron chi connectivity index (χ1n) is 18.9. The van der Waals surface area contributed by atoms with Crippen LogP contribution in [0, 0.1) is 23.2 Å². The molecule has 11 nitrogen and oxygen atoms in total. The average Bonchev–Trinajstić information content (AvgIpc) is 3.88. The first-order valence-corrected chi connectivity index (χ1v) is 18.9. The summed E-state index contributed by atoms with van der Waals surface area (Å²) < 4.78 is 22.9. The van der Waals surface area contributed by atoms with Crippen molar-refractivity contribution in [2.75, 3.05) is 56.4 Å². The van der Waals surface area contributed by atoms with Crippen LogP contribution in [0.5, 0.6) is 5.75 Å². The normalized spacial score (nSPS) is 21.1. The zero-order valence-corrected chi connectivity index (χ0v) is 32.8. The number of Topliss-reactive ketones (excluding diaryl/α,β-unsaturated/α-hetero) is 1. The molecular weight excluding hydrogens is 650 g/mol. The molecular formula is C40H63N3O8. The smallest absolute Gasteiger partial charge is 0.410 e. The van der Waals surface area contributed by atoms with E-state index in [4.69, 9.17) is 18.9 Å². The Kier molecular flexibility index (Phi) is 13.3. The molecule has 1 aliphatic carbocycles. The van der Waals surface area contributed by atoms with Crippen LogP contribution < -0.4 is 14.5 Å². The second-order valence-corrected chi connectivity index (χ2v) is 17.1. The van der Waals surface area contributed by atoms with Crippen molar-refractivity contribution in [2.24, 2.45) is 23.2 Å². The maximum atomic E-state index is 14.6. The van der Waals surface area contributed by atoms with E-state index >= 15 is 0 Å². The molecule has 0 radical (unpaired) electrons. The summed E-state index contributed by atoms with van der Waals surface area (Å²) in [6.45, 7) is 20.2. The second kappa shape index (κ2) is 16.7. The minimum atomic E-state index is -1.03. The van der Waals surface area contributed by atoms with E-state index in [0.29, 0.717) is 68.7 Å². The summed E-state index contributed by atoms with van der Waals surface area (Å²) in [6, 6.07) is 5.58. The summed E-state index contributed by atoms with van der Waals surface area (Å²) in [5.74, 6) is -0.375. The number of piperidine rings is 1. The predicted octanol–water partition coefficient (Wildman–Crippen LogP) is 7.03. The van der Waals surface area contributed by atoms with Crippen LogP contribution in [0.1, 0.15) is 107 Å². The fourth-order valence-corrected chi connectivity index (χ4v) is 7.08. The Morgan fingerprint density at radius 3 is 2.33 bits per heavy atom. The van der Waals surface area contributed by atoms with Gasteiger partial charge in [0.15, 0.2) is 5.60 Å². The monoisotopic (exact) mass is 713 g/mol. The van der Waals surface area contributed by atoms with Crippen molar-refractivity contribution in [3.8, 4) is 5.75 Å². The summed E-state index contributed by atoms with van der Waals surface area (Å²) in [7, 11) is 1.63. The molecule has 2 fully saturated rings. The van der Waals surface area contributed by atoms with Crippen LogP contribution in [0.2, 0.25) is 0 Å². The summed E-state index contributed by atoms with van der Waals surface area (Å²) in [5, 5.41) is 0. The molecule has 2 heterocycles. The van der Waals surface area contributed by atoms with Gasteiger partial charge in [0.05, 0.1) is 11.6 Å². The van der Waals surface area contributed by atoms with E-state index in [0.717, 1.165) is 25.7 Å². The number of carbonyl (C=O) groups is 4. The number of ketones is 1. The molecule has 0 N–H and O–H groups in total.